The lowest BCUT2D eigenvalue weighted by Crippen LogP contribution is -2.57. The van der Waals surface area contributed by atoms with Crippen LogP contribution in [0.2, 0.25) is 0 Å². The second kappa shape index (κ2) is 14.5. The van der Waals surface area contributed by atoms with Crippen molar-refractivity contribution in [1.82, 2.24) is 15.3 Å². The number of hydrogen-bond donors (Lipinski definition) is 2. The summed E-state index contributed by atoms with van der Waals surface area (Å²) in [4.78, 5) is 35.4. The number of nitrogens with zero attached hydrogens (tertiary/aromatic N) is 4. The highest BCUT2D eigenvalue weighted by Gasteiger charge is 2.40. The molecule has 2 aliphatic heterocycles. The summed E-state index contributed by atoms with van der Waals surface area (Å²) in [7, 11) is -4.20. The smallest absolute Gasteiger partial charge is 0.356 e. The Bertz CT molecular complexity index is 1480. The second-order valence-corrected chi connectivity index (χ2v) is 13.1. The fourth-order valence-electron chi connectivity index (χ4n) is 5.51. The number of carbonyl (C=O) groups is 2. The number of alkyl halides is 6. The largest absolute Gasteiger partial charge is 0.451 e. The maximum absolute atomic E-state index is 13.8. The molecule has 1 atom stereocenters. The minimum atomic E-state index is -4.82. The topological polar surface area (TPSA) is 133 Å². The highest BCUT2D eigenvalue weighted by atomic mass is 32.2. The van der Waals surface area contributed by atoms with E-state index in [1.807, 2.05) is 0 Å². The summed E-state index contributed by atoms with van der Waals surface area (Å²) in [6.07, 6.45) is -6.17. The standard InChI is InChI=1S/C29H35F6N5O5S/c30-28(31,32)21-6-4-20(5-7-21)8-13-36-26(42)23-11-16-40(23)25-18-24(37-27(38-25)29(33,34)35)39-14-9-19(10-15-39)2-1-3-22(41)12-17-46(43,44)45/h4-7,18-19,23H,1-3,8-17H2,(H,36,42)(H,43,44,45)/t23-/m0/s1. The molecule has 1 amide bonds. The van der Waals surface area contributed by atoms with Gasteiger partial charge < -0.3 is 15.1 Å². The first kappa shape index (κ1) is 35.4. The van der Waals surface area contributed by atoms with Crippen molar-refractivity contribution >= 4 is 33.4 Å². The molecule has 0 spiro atoms. The van der Waals surface area contributed by atoms with Gasteiger partial charge in [-0.15, -0.1) is 0 Å². The number of nitrogens with one attached hydrogen (secondary N) is 1. The lowest BCUT2D eigenvalue weighted by molar-refractivity contribution is -0.144. The Balaban J connectivity index is 1.31. The SMILES string of the molecule is O=C(CCCC1CCN(c2cc(N3CC[C@H]3C(=O)NCCc3ccc(C(F)(F)F)cc3)nc(C(F)(F)F)n2)CC1)CCS(=O)(=O)O. The number of anilines is 2. The van der Waals surface area contributed by atoms with E-state index in [1.54, 1.807) is 4.90 Å². The first-order valence-electron chi connectivity index (χ1n) is 14.9. The van der Waals surface area contributed by atoms with Crippen molar-refractivity contribution in [1.29, 1.82) is 0 Å². The summed E-state index contributed by atoms with van der Waals surface area (Å²) in [6.45, 7) is 1.27. The van der Waals surface area contributed by atoms with Crippen LogP contribution in [-0.4, -0.2) is 72.6 Å². The van der Waals surface area contributed by atoms with Crippen LogP contribution in [0.3, 0.4) is 0 Å². The Morgan fingerprint density at radius 2 is 1.57 bits per heavy atom. The van der Waals surface area contributed by atoms with E-state index >= 15 is 0 Å². The van der Waals surface area contributed by atoms with Crippen LogP contribution in [-0.2, 0) is 38.5 Å². The summed E-state index contributed by atoms with van der Waals surface area (Å²) >= 11 is 0. The zero-order valence-corrected chi connectivity index (χ0v) is 25.6. The number of aromatic nitrogens is 2. The molecule has 0 radical (unpaired) electrons. The van der Waals surface area contributed by atoms with Crippen molar-refractivity contribution in [3.8, 4) is 0 Å². The van der Waals surface area contributed by atoms with Gasteiger partial charge in [0.25, 0.3) is 10.1 Å². The number of rotatable bonds is 13. The zero-order valence-electron chi connectivity index (χ0n) is 24.8. The molecule has 2 fully saturated rings. The average molecular weight is 680 g/mol. The van der Waals surface area contributed by atoms with Gasteiger partial charge in [0.15, 0.2) is 0 Å². The fourth-order valence-corrected chi connectivity index (χ4v) is 5.99. The highest BCUT2D eigenvalue weighted by Crippen LogP contribution is 2.35. The van der Waals surface area contributed by atoms with Crippen LogP contribution in [0.5, 0.6) is 0 Å². The first-order valence-corrected chi connectivity index (χ1v) is 16.5. The molecule has 2 aliphatic rings. The van der Waals surface area contributed by atoms with Crippen molar-refractivity contribution < 1.29 is 48.9 Å². The molecule has 2 N–H and O–H groups in total. The van der Waals surface area contributed by atoms with Crippen molar-refractivity contribution in [2.45, 2.75) is 69.8 Å². The van der Waals surface area contributed by atoms with Gasteiger partial charge in [-0.05, 0) is 62.1 Å². The van der Waals surface area contributed by atoms with Gasteiger partial charge in [-0.3, -0.25) is 14.1 Å². The molecule has 3 heterocycles. The van der Waals surface area contributed by atoms with E-state index < -0.39 is 51.6 Å². The highest BCUT2D eigenvalue weighted by molar-refractivity contribution is 7.85. The number of benzene rings is 1. The van der Waals surface area contributed by atoms with E-state index in [2.05, 4.69) is 15.3 Å². The first-order chi connectivity index (χ1) is 21.5. The lowest BCUT2D eigenvalue weighted by atomic mass is 9.91. The minimum absolute atomic E-state index is 0.0306. The number of hydrogen-bond acceptors (Lipinski definition) is 8. The molecule has 0 bridgehead atoms. The summed E-state index contributed by atoms with van der Waals surface area (Å²) < 4.78 is 110. The Morgan fingerprint density at radius 3 is 2.13 bits per heavy atom. The van der Waals surface area contributed by atoms with Crippen molar-refractivity contribution in [3.05, 3.63) is 47.3 Å². The van der Waals surface area contributed by atoms with Gasteiger partial charge in [-0.1, -0.05) is 12.1 Å². The monoisotopic (exact) mass is 679 g/mol. The quantitative estimate of drug-likeness (QED) is 0.229. The van der Waals surface area contributed by atoms with E-state index in [1.165, 1.54) is 23.1 Å². The second-order valence-electron chi connectivity index (χ2n) is 11.5. The fraction of sp³-hybridized carbons (Fsp3) is 0.586. The molecular formula is C29H35F6N5O5S. The number of amides is 1. The molecule has 4 rings (SSSR count). The molecule has 254 valence electrons. The van der Waals surface area contributed by atoms with Gasteiger partial charge in [-0.2, -0.15) is 34.8 Å². The average Bonchev–Trinajstić information content (AvgIpc) is 2.95. The van der Waals surface area contributed by atoms with Gasteiger partial charge in [0.2, 0.25) is 11.7 Å². The van der Waals surface area contributed by atoms with Crippen molar-refractivity contribution in [2.24, 2.45) is 5.92 Å². The predicted octanol–water partition coefficient (Wildman–Crippen LogP) is 4.69. The van der Waals surface area contributed by atoms with Crippen LogP contribution < -0.4 is 15.1 Å². The van der Waals surface area contributed by atoms with Crippen molar-refractivity contribution in [3.63, 3.8) is 0 Å². The van der Waals surface area contributed by atoms with E-state index in [9.17, 15) is 44.3 Å². The van der Waals surface area contributed by atoms with Gasteiger partial charge in [0.05, 0.1) is 11.3 Å². The van der Waals surface area contributed by atoms with Crippen molar-refractivity contribution in [2.75, 3.05) is 41.7 Å². The number of halogens is 6. The van der Waals surface area contributed by atoms with Gasteiger partial charge in [0, 0.05) is 45.1 Å². The van der Waals surface area contributed by atoms with Gasteiger partial charge in [0.1, 0.15) is 23.5 Å². The summed E-state index contributed by atoms with van der Waals surface area (Å²) in [6, 6.07) is 5.24. The van der Waals surface area contributed by atoms with Crippen LogP contribution >= 0.6 is 0 Å². The number of Topliss-reactive ketones (excluding diaryl/α,β-unsaturated/α-hetero) is 1. The lowest BCUT2D eigenvalue weighted by Gasteiger charge is -2.41. The molecule has 0 aliphatic carbocycles. The van der Waals surface area contributed by atoms with Gasteiger partial charge >= 0.3 is 12.4 Å². The third kappa shape index (κ3) is 10.0. The van der Waals surface area contributed by atoms with E-state index in [4.69, 9.17) is 4.55 Å². The Hall–Kier alpha value is -3.47. The summed E-state index contributed by atoms with van der Waals surface area (Å²) in [5.41, 5.74) is -0.194. The molecular weight excluding hydrogens is 644 g/mol. The number of carbonyl (C=O) groups excluding carboxylic acids is 2. The zero-order chi connectivity index (χ0) is 33.7. The predicted molar refractivity (Wildman–Crippen MR) is 156 cm³/mol. The molecule has 2 aromatic rings. The van der Waals surface area contributed by atoms with E-state index in [0.29, 0.717) is 57.3 Å². The van der Waals surface area contributed by atoms with Crippen LogP contribution in [0.25, 0.3) is 0 Å². The Kier molecular flexibility index (Phi) is 11.2. The minimum Gasteiger partial charge on any atom is -0.356 e. The molecule has 46 heavy (non-hydrogen) atoms. The molecule has 17 heteroatoms. The van der Waals surface area contributed by atoms with Crippen LogP contribution in [0.4, 0.5) is 38.0 Å². The Morgan fingerprint density at radius 1 is 0.913 bits per heavy atom. The van der Waals surface area contributed by atoms with Crippen LogP contribution in [0.1, 0.15) is 61.9 Å². The molecule has 1 aromatic heterocycles. The maximum atomic E-state index is 13.8. The van der Waals surface area contributed by atoms with Crippen LogP contribution in [0.15, 0.2) is 30.3 Å². The number of piperidine rings is 1. The normalized spacial score (nSPS) is 17.9. The summed E-state index contributed by atoms with van der Waals surface area (Å²) in [5, 5.41) is 2.70. The number of ketones is 1. The third-order valence-electron chi connectivity index (χ3n) is 8.21. The molecule has 0 saturated carbocycles. The van der Waals surface area contributed by atoms with E-state index in [0.717, 1.165) is 12.1 Å². The third-order valence-corrected chi connectivity index (χ3v) is 8.93. The van der Waals surface area contributed by atoms with E-state index in [-0.39, 0.29) is 49.1 Å². The molecule has 1 aromatic carbocycles. The molecule has 0 unspecified atom stereocenters. The Labute approximate surface area is 262 Å². The maximum Gasteiger partial charge on any atom is 0.451 e. The van der Waals surface area contributed by atoms with Gasteiger partial charge in [-0.25, -0.2) is 9.97 Å². The summed E-state index contributed by atoms with van der Waals surface area (Å²) in [5.74, 6) is -2.34. The molecule has 10 nitrogen and oxygen atoms in total. The van der Waals surface area contributed by atoms with Crippen LogP contribution in [0, 0.1) is 5.92 Å². The molecule has 2 saturated heterocycles.